The number of halogens is 1. The summed E-state index contributed by atoms with van der Waals surface area (Å²) in [5.74, 6) is -0.849. The molecule has 0 saturated heterocycles. The summed E-state index contributed by atoms with van der Waals surface area (Å²) in [5.41, 5.74) is 8.56. The van der Waals surface area contributed by atoms with Crippen molar-refractivity contribution in [2.24, 2.45) is 0 Å². The SMILES string of the molecule is CCn1ccc(Cn2cc(-c3nc(-c4cccc(C#N)c4C)nc(N)c3F)nn2)n1. The van der Waals surface area contributed by atoms with Gasteiger partial charge in [0.25, 0.3) is 0 Å². The summed E-state index contributed by atoms with van der Waals surface area (Å²) in [5, 5.41) is 21.7. The number of anilines is 1. The number of hydrogen-bond acceptors (Lipinski definition) is 7. The van der Waals surface area contributed by atoms with E-state index >= 15 is 0 Å². The Balaban J connectivity index is 1.72. The van der Waals surface area contributed by atoms with Gasteiger partial charge in [0, 0.05) is 18.3 Å². The topological polar surface area (TPSA) is 124 Å². The zero-order valence-electron chi connectivity index (χ0n) is 16.4. The van der Waals surface area contributed by atoms with Crippen molar-refractivity contribution in [1.82, 2.24) is 34.7 Å². The normalized spacial score (nSPS) is 10.9. The van der Waals surface area contributed by atoms with Crippen molar-refractivity contribution in [3.05, 3.63) is 59.3 Å². The van der Waals surface area contributed by atoms with E-state index in [0.29, 0.717) is 23.2 Å². The van der Waals surface area contributed by atoms with Gasteiger partial charge in [0.15, 0.2) is 17.5 Å². The van der Waals surface area contributed by atoms with E-state index in [4.69, 9.17) is 5.73 Å². The summed E-state index contributed by atoms with van der Waals surface area (Å²) in [6.45, 7) is 4.93. The van der Waals surface area contributed by atoms with Crippen LogP contribution in [0.25, 0.3) is 22.8 Å². The van der Waals surface area contributed by atoms with Crippen LogP contribution < -0.4 is 5.73 Å². The van der Waals surface area contributed by atoms with E-state index in [2.05, 4.69) is 31.4 Å². The Bertz CT molecular complexity index is 1270. The zero-order chi connectivity index (χ0) is 21.3. The van der Waals surface area contributed by atoms with Crippen LogP contribution in [0.3, 0.4) is 0 Å². The molecule has 1 aromatic carbocycles. The van der Waals surface area contributed by atoms with Crippen molar-refractivity contribution >= 4 is 5.82 Å². The summed E-state index contributed by atoms with van der Waals surface area (Å²) in [4.78, 5) is 8.40. The third-order valence-corrected chi connectivity index (χ3v) is 4.70. The van der Waals surface area contributed by atoms with Crippen LogP contribution >= 0.6 is 0 Å². The molecule has 30 heavy (non-hydrogen) atoms. The van der Waals surface area contributed by atoms with Gasteiger partial charge in [0.05, 0.1) is 30.1 Å². The van der Waals surface area contributed by atoms with Crippen molar-refractivity contribution in [1.29, 1.82) is 5.26 Å². The van der Waals surface area contributed by atoms with Crippen LogP contribution in [-0.2, 0) is 13.1 Å². The first-order chi connectivity index (χ1) is 14.5. The van der Waals surface area contributed by atoms with Gasteiger partial charge in [-0.2, -0.15) is 10.4 Å². The Morgan fingerprint density at radius 3 is 2.77 bits per heavy atom. The first kappa shape index (κ1) is 19.2. The molecule has 0 bridgehead atoms. The fraction of sp³-hybridized carbons (Fsp3) is 0.200. The maximum atomic E-state index is 14.7. The highest BCUT2D eigenvalue weighted by atomic mass is 19.1. The molecule has 0 spiro atoms. The lowest BCUT2D eigenvalue weighted by atomic mass is 10.0. The van der Waals surface area contributed by atoms with Gasteiger partial charge in [-0.15, -0.1) is 5.10 Å². The standard InChI is InChI=1S/C20H18FN9/c1-3-29-8-7-14(27-29)10-30-11-16(26-28-30)18-17(21)19(23)25-20(24-18)15-6-4-5-13(9-22)12(15)2/h4-8,11H,3,10H2,1-2H3,(H2,23,24,25). The summed E-state index contributed by atoms with van der Waals surface area (Å²) >= 11 is 0. The molecule has 0 aliphatic rings. The Labute approximate surface area is 171 Å². The fourth-order valence-electron chi connectivity index (χ4n) is 3.07. The molecule has 0 atom stereocenters. The molecule has 4 rings (SSSR count). The van der Waals surface area contributed by atoms with Crippen LogP contribution in [0.1, 0.15) is 23.7 Å². The predicted octanol–water partition coefficient (Wildman–Crippen LogP) is 2.57. The first-order valence-corrected chi connectivity index (χ1v) is 9.26. The van der Waals surface area contributed by atoms with Gasteiger partial charge in [0.2, 0.25) is 0 Å². The van der Waals surface area contributed by atoms with Crippen molar-refractivity contribution < 1.29 is 4.39 Å². The number of benzene rings is 1. The summed E-state index contributed by atoms with van der Waals surface area (Å²) in [7, 11) is 0. The van der Waals surface area contributed by atoms with Gasteiger partial charge in [-0.05, 0) is 31.5 Å². The van der Waals surface area contributed by atoms with Crippen molar-refractivity contribution in [2.45, 2.75) is 26.9 Å². The predicted molar refractivity (Wildman–Crippen MR) is 107 cm³/mol. The molecule has 4 aromatic rings. The highest BCUT2D eigenvalue weighted by Gasteiger charge is 2.19. The molecule has 10 heteroatoms. The second-order valence-corrected chi connectivity index (χ2v) is 6.65. The smallest absolute Gasteiger partial charge is 0.193 e. The quantitative estimate of drug-likeness (QED) is 0.543. The average molecular weight is 403 g/mol. The molecule has 9 nitrogen and oxygen atoms in total. The van der Waals surface area contributed by atoms with E-state index in [1.165, 1.54) is 0 Å². The van der Waals surface area contributed by atoms with Gasteiger partial charge < -0.3 is 5.73 Å². The van der Waals surface area contributed by atoms with Crippen molar-refractivity contribution in [3.8, 4) is 28.8 Å². The number of rotatable bonds is 5. The number of aryl methyl sites for hydroxylation is 1. The van der Waals surface area contributed by atoms with Gasteiger partial charge in [0.1, 0.15) is 11.4 Å². The number of aromatic nitrogens is 7. The van der Waals surface area contributed by atoms with Crippen LogP contribution in [0, 0.1) is 24.1 Å². The summed E-state index contributed by atoms with van der Waals surface area (Å²) in [6.07, 6.45) is 3.46. The lowest BCUT2D eigenvalue weighted by Crippen LogP contribution is -2.04. The second kappa shape index (κ2) is 7.71. The molecule has 2 N–H and O–H groups in total. The molecule has 0 aliphatic carbocycles. The molecule has 0 amide bonds. The zero-order valence-corrected chi connectivity index (χ0v) is 16.4. The van der Waals surface area contributed by atoms with E-state index in [-0.39, 0.29) is 23.0 Å². The van der Waals surface area contributed by atoms with E-state index in [9.17, 15) is 9.65 Å². The molecule has 0 saturated carbocycles. The van der Waals surface area contributed by atoms with Gasteiger partial charge in [-0.3, -0.25) is 4.68 Å². The highest BCUT2D eigenvalue weighted by Crippen LogP contribution is 2.28. The Kier molecular flexibility index (Phi) is 4.93. The van der Waals surface area contributed by atoms with Crippen molar-refractivity contribution in [3.63, 3.8) is 0 Å². The van der Waals surface area contributed by atoms with E-state index < -0.39 is 5.82 Å². The van der Waals surface area contributed by atoms with Crippen LogP contribution in [-0.4, -0.2) is 34.7 Å². The number of hydrogen-bond donors (Lipinski definition) is 1. The van der Waals surface area contributed by atoms with E-state index in [1.54, 1.807) is 36.0 Å². The summed E-state index contributed by atoms with van der Waals surface area (Å²) < 4.78 is 18.1. The summed E-state index contributed by atoms with van der Waals surface area (Å²) in [6, 6.07) is 9.17. The number of nitrogens with two attached hydrogens (primary N) is 1. The maximum Gasteiger partial charge on any atom is 0.193 e. The Hall–Kier alpha value is -4.13. The molecule has 0 radical (unpaired) electrons. The minimum atomic E-state index is -0.768. The molecular weight excluding hydrogens is 385 g/mol. The van der Waals surface area contributed by atoms with Gasteiger partial charge in [-0.25, -0.2) is 19.0 Å². The molecule has 3 heterocycles. The number of nitrogens with zero attached hydrogens (tertiary/aromatic N) is 8. The Morgan fingerprint density at radius 2 is 2.03 bits per heavy atom. The Morgan fingerprint density at radius 1 is 1.20 bits per heavy atom. The average Bonchev–Trinajstić information content (AvgIpc) is 3.40. The van der Waals surface area contributed by atoms with Gasteiger partial charge in [-0.1, -0.05) is 17.3 Å². The minimum Gasteiger partial charge on any atom is -0.381 e. The van der Waals surface area contributed by atoms with Crippen LogP contribution in [0.15, 0.2) is 36.7 Å². The molecule has 0 unspecified atom stereocenters. The monoisotopic (exact) mass is 403 g/mol. The maximum absolute atomic E-state index is 14.7. The molecule has 0 fully saturated rings. The fourth-order valence-corrected chi connectivity index (χ4v) is 3.07. The van der Waals surface area contributed by atoms with Gasteiger partial charge >= 0.3 is 0 Å². The lowest BCUT2D eigenvalue weighted by molar-refractivity contribution is 0.603. The minimum absolute atomic E-state index is 0.0513. The number of nitrogen functional groups attached to an aromatic ring is 1. The lowest BCUT2D eigenvalue weighted by Gasteiger charge is -2.09. The molecular formula is C20H18FN9. The van der Waals surface area contributed by atoms with E-state index in [1.807, 2.05) is 23.9 Å². The molecule has 0 aliphatic heterocycles. The molecule has 150 valence electrons. The van der Waals surface area contributed by atoms with Crippen LogP contribution in [0.4, 0.5) is 10.2 Å². The third kappa shape index (κ3) is 3.48. The first-order valence-electron chi connectivity index (χ1n) is 9.26. The third-order valence-electron chi connectivity index (χ3n) is 4.70. The van der Waals surface area contributed by atoms with Crippen LogP contribution in [0.2, 0.25) is 0 Å². The highest BCUT2D eigenvalue weighted by molar-refractivity contribution is 5.69. The van der Waals surface area contributed by atoms with Crippen LogP contribution in [0.5, 0.6) is 0 Å². The second-order valence-electron chi connectivity index (χ2n) is 6.65. The largest absolute Gasteiger partial charge is 0.381 e. The number of nitriles is 1. The molecule has 3 aromatic heterocycles. The van der Waals surface area contributed by atoms with Crippen molar-refractivity contribution in [2.75, 3.05) is 5.73 Å². The van der Waals surface area contributed by atoms with E-state index in [0.717, 1.165) is 12.2 Å².